The Balaban J connectivity index is 1.53. The number of fused-ring (bicyclic) bond motifs is 1. The number of nitrogens with one attached hydrogen (secondary N) is 2. The van der Waals surface area contributed by atoms with Gasteiger partial charge in [-0.05, 0) is 70.7 Å². The summed E-state index contributed by atoms with van der Waals surface area (Å²) in [5.74, 6) is 0.967. The molecule has 31 heavy (non-hydrogen) atoms. The molecular weight excluding hydrogens is 390 g/mol. The number of nitrogens with zero attached hydrogens (tertiary/aromatic N) is 1. The molecule has 176 valence electrons. The Kier molecular flexibility index (Phi) is 9.02. The molecule has 6 nitrogen and oxygen atoms in total. The van der Waals surface area contributed by atoms with Crippen LogP contribution in [0, 0.1) is 0 Å². The van der Waals surface area contributed by atoms with Crippen molar-refractivity contribution in [2.24, 2.45) is 0 Å². The number of piperidine rings is 1. The number of rotatable bonds is 11. The molecule has 2 N–H and O–H groups in total. The summed E-state index contributed by atoms with van der Waals surface area (Å²) < 4.78 is 17.8. The number of hydrogen-bond donors (Lipinski definition) is 2. The molecule has 0 bridgehead atoms. The summed E-state index contributed by atoms with van der Waals surface area (Å²) in [6, 6.07) is 7.70. The zero-order valence-electron chi connectivity index (χ0n) is 20.2. The van der Waals surface area contributed by atoms with Crippen LogP contribution >= 0.6 is 0 Å². The number of hydrogen-bond acceptors (Lipinski definition) is 6. The van der Waals surface area contributed by atoms with E-state index >= 15 is 0 Å². The van der Waals surface area contributed by atoms with E-state index in [1.54, 1.807) is 7.11 Å². The van der Waals surface area contributed by atoms with Crippen molar-refractivity contribution in [2.75, 3.05) is 45.3 Å². The zero-order chi connectivity index (χ0) is 22.3. The molecule has 0 saturated carbocycles. The predicted molar refractivity (Wildman–Crippen MR) is 127 cm³/mol. The summed E-state index contributed by atoms with van der Waals surface area (Å²) in [7, 11) is 3.82. The van der Waals surface area contributed by atoms with Crippen molar-refractivity contribution in [2.45, 2.75) is 83.3 Å². The van der Waals surface area contributed by atoms with Gasteiger partial charge < -0.3 is 29.7 Å². The summed E-state index contributed by atoms with van der Waals surface area (Å²) in [5, 5.41) is 7.11. The predicted octanol–water partition coefficient (Wildman–Crippen LogP) is 3.73. The van der Waals surface area contributed by atoms with Crippen molar-refractivity contribution >= 4 is 5.69 Å². The summed E-state index contributed by atoms with van der Waals surface area (Å²) in [4.78, 5) is 2.43. The average molecular weight is 434 g/mol. The van der Waals surface area contributed by atoms with Crippen LogP contribution in [-0.2, 0) is 16.1 Å². The molecule has 0 aliphatic carbocycles. The van der Waals surface area contributed by atoms with Crippen molar-refractivity contribution < 1.29 is 14.2 Å². The van der Waals surface area contributed by atoms with Crippen LogP contribution in [0.3, 0.4) is 0 Å². The van der Waals surface area contributed by atoms with E-state index in [4.69, 9.17) is 14.2 Å². The van der Waals surface area contributed by atoms with Crippen LogP contribution in [-0.4, -0.2) is 64.2 Å². The van der Waals surface area contributed by atoms with E-state index in [2.05, 4.69) is 61.6 Å². The van der Waals surface area contributed by atoms with Crippen LogP contribution in [0.2, 0.25) is 0 Å². The molecular formula is C25H43N3O3. The average Bonchev–Trinajstić information content (AvgIpc) is 2.76. The van der Waals surface area contributed by atoms with Gasteiger partial charge in [0.1, 0.15) is 11.4 Å². The first-order valence-electron chi connectivity index (χ1n) is 12.0. The highest BCUT2D eigenvalue weighted by Crippen LogP contribution is 2.38. The van der Waals surface area contributed by atoms with E-state index in [0.29, 0.717) is 18.7 Å². The van der Waals surface area contributed by atoms with Gasteiger partial charge in [0, 0.05) is 38.9 Å². The van der Waals surface area contributed by atoms with Gasteiger partial charge in [0.2, 0.25) is 0 Å². The Morgan fingerprint density at radius 1 is 1.32 bits per heavy atom. The molecule has 0 radical (unpaired) electrons. The number of anilines is 1. The maximum Gasteiger partial charge on any atom is 0.143 e. The van der Waals surface area contributed by atoms with Crippen molar-refractivity contribution in [3.8, 4) is 5.75 Å². The topological polar surface area (TPSA) is 55.0 Å². The van der Waals surface area contributed by atoms with Gasteiger partial charge in [0.25, 0.3) is 0 Å². The standard InChI is InChI=1S/C25H43N3O3/c1-6-20(26-4)15-21-9-10-22(16-27-21)30-17-19-8-11-24-23(14-19)28(12-7-13-29-5)18-25(2,3)31-24/h8,11,14,20-22,26-27H,6-7,9-10,12-13,15-18H2,1-5H3/t20-,21-,22+/m0/s1. The lowest BCUT2D eigenvalue weighted by atomic mass is 9.95. The fourth-order valence-corrected chi connectivity index (χ4v) is 4.74. The molecule has 1 fully saturated rings. The van der Waals surface area contributed by atoms with Gasteiger partial charge in [0.05, 0.1) is 24.9 Å². The van der Waals surface area contributed by atoms with E-state index in [9.17, 15) is 0 Å². The third-order valence-electron chi connectivity index (χ3n) is 6.53. The van der Waals surface area contributed by atoms with Gasteiger partial charge in [-0.15, -0.1) is 0 Å². The Morgan fingerprint density at radius 3 is 2.84 bits per heavy atom. The fraction of sp³-hybridized carbons (Fsp3) is 0.760. The first-order chi connectivity index (χ1) is 14.9. The van der Waals surface area contributed by atoms with Crippen molar-refractivity contribution in [1.29, 1.82) is 0 Å². The second kappa shape index (κ2) is 11.5. The SMILES string of the molecule is CC[C@@H](C[C@@H]1CC[C@@H](OCc2ccc3c(c2)N(CCCOC)CC(C)(C)O3)CN1)NC. The van der Waals surface area contributed by atoms with E-state index in [1.807, 2.05) is 0 Å². The summed E-state index contributed by atoms with van der Waals surface area (Å²) in [6.45, 7) is 10.8. The minimum absolute atomic E-state index is 0.188. The van der Waals surface area contributed by atoms with Crippen LogP contribution in [0.1, 0.15) is 58.4 Å². The lowest BCUT2D eigenvalue weighted by Gasteiger charge is -2.41. The van der Waals surface area contributed by atoms with Crippen LogP contribution in [0.4, 0.5) is 5.69 Å². The summed E-state index contributed by atoms with van der Waals surface area (Å²) >= 11 is 0. The smallest absolute Gasteiger partial charge is 0.143 e. The molecule has 2 aliphatic heterocycles. The van der Waals surface area contributed by atoms with Gasteiger partial charge in [-0.1, -0.05) is 13.0 Å². The van der Waals surface area contributed by atoms with Crippen LogP contribution < -0.4 is 20.3 Å². The third-order valence-corrected chi connectivity index (χ3v) is 6.53. The maximum atomic E-state index is 6.28. The molecule has 2 heterocycles. The Morgan fingerprint density at radius 2 is 2.16 bits per heavy atom. The van der Waals surface area contributed by atoms with Crippen LogP contribution in [0.25, 0.3) is 0 Å². The number of methoxy groups -OCH3 is 1. The van der Waals surface area contributed by atoms with Crippen LogP contribution in [0.15, 0.2) is 18.2 Å². The molecule has 6 heteroatoms. The molecule has 3 atom stereocenters. The maximum absolute atomic E-state index is 6.28. The Bertz CT molecular complexity index is 670. The largest absolute Gasteiger partial charge is 0.484 e. The minimum atomic E-state index is -0.188. The van der Waals surface area contributed by atoms with Crippen molar-refractivity contribution in [1.82, 2.24) is 10.6 Å². The molecule has 1 saturated heterocycles. The van der Waals surface area contributed by atoms with Crippen molar-refractivity contribution in [3.63, 3.8) is 0 Å². The van der Waals surface area contributed by atoms with Gasteiger partial charge in [-0.25, -0.2) is 0 Å². The molecule has 1 aromatic rings. The number of benzene rings is 1. The molecule has 3 rings (SSSR count). The third kappa shape index (κ3) is 7.07. The number of ether oxygens (including phenoxy) is 3. The van der Waals surface area contributed by atoms with E-state index in [1.165, 1.54) is 30.5 Å². The highest BCUT2D eigenvalue weighted by molar-refractivity contribution is 5.62. The zero-order valence-corrected chi connectivity index (χ0v) is 20.2. The highest BCUT2D eigenvalue weighted by Gasteiger charge is 2.31. The first-order valence-corrected chi connectivity index (χ1v) is 12.0. The van der Waals surface area contributed by atoms with Gasteiger partial charge in [0.15, 0.2) is 0 Å². The van der Waals surface area contributed by atoms with E-state index < -0.39 is 0 Å². The lowest BCUT2D eigenvalue weighted by molar-refractivity contribution is 0.0168. The summed E-state index contributed by atoms with van der Waals surface area (Å²) in [6.07, 6.45) is 5.98. The molecule has 1 aromatic carbocycles. The molecule has 0 unspecified atom stereocenters. The second-order valence-corrected chi connectivity index (χ2v) is 9.68. The Labute approximate surface area is 189 Å². The van der Waals surface area contributed by atoms with Gasteiger partial charge in [-0.2, -0.15) is 0 Å². The highest BCUT2D eigenvalue weighted by atomic mass is 16.5. The van der Waals surface area contributed by atoms with Gasteiger partial charge in [-0.3, -0.25) is 0 Å². The van der Waals surface area contributed by atoms with E-state index in [-0.39, 0.29) is 11.7 Å². The van der Waals surface area contributed by atoms with Crippen molar-refractivity contribution in [3.05, 3.63) is 23.8 Å². The summed E-state index contributed by atoms with van der Waals surface area (Å²) in [5.41, 5.74) is 2.20. The molecule has 0 amide bonds. The first kappa shape index (κ1) is 24.3. The lowest BCUT2D eigenvalue weighted by Crippen LogP contribution is -2.47. The molecule has 0 spiro atoms. The fourth-order valence-electron chi connectivity index (χ4n) is 4.74. The second-order valence-electron chi connectivity index (χ2n) is 9.68. The Hall–Kier alpha value is -1.34. The van der Waals surface area contributed by atoms with Crippen LogP contribution in [0.5, 0.6) is 5.75 Å². The van der Waals surface area contributed by atoms with Gasteiger partial charge >= 0.3 is 0 Å². The molecule has 2 aliphatic rings. The monoisotopic (exact) mass is 433 g/mol. The quantitative estimate of drug-likeness (QED) is 0.519. The normalized spacial score (nSPS) is 23.8. The minimum Gasteiger partial charge on any atom is -0.484 e. The molecule has 0 aromatic heterocycles. The van der Waals surface area contributed by atoms with E-state index in [0.717, 1.165) is 44.8 Å².